The molecule has 0 unspecified atom stereocenters. The maximum atomic E-state index is 13.5. The molecule has 0 radical (unpaired) electrons. The molecular formula is C23H17ClN2O2S2. The lowest BCUT2D eigenvalue weighted by Crippen LogP contribution is -2.22. The number of hydrogen-bond acceptors (Lipinski definition) is 5. The molecule has 2 aromatic carbocycles. The van der Waals surface area contributed by atoms with Crippen LogP contribution in [0.3, 0.4) is 0 Å². The summed E-state index contributed by atoms with van der Waals surface area (Å²) in [6, 6.07) is 16.4. The predicted octanol–water partition coefficient (Wildman–Crippen LogP) is 5.56. The highest BCUT2D eigenvalue weighted by Crippen LogP contribution is 2.36. The highest BCUT2D eigenvalue weighted by molar-refractivity contribution is 7.99. The number of para-hydroxylation sites is 1. The van der Waals surface area contributed by atoms with Gasteiger partial charge in [0, 0.05) is 15.5 Å². The second-order valence-electron chi connectivity index (χ2n) is 7.13. The first kappa shape index (κ1) is 19.5. The number of Topliss-reactive ketones (excluding diaryl/α,β-unsaturated/α-hetero) is 1. The van der Waals surface area contributed by atoms with E-state index >= 15 is 0 Å². The largest absolute Gasteiger partial charge is 0.293 e. The maximum Gasteiger partial charge on any atom is 0.267 e. The number of fused-ring (bicyclic) bond motifs is 3. The third-order valence-corrected chi connectivity index (χ3v) is 7.60. The molecule has 1 aliphatic rings. The van der Waals surface area contributed by atoms with E-state index in [1.807, 2.05) is 30.3 Å². The summed E-state index contributed by atoms with van der Waals surface area (Å²) in [5.41, 5.74) is 2.46. The summed E-state index contributed by atoms with van der Waals surface area (Å²) in [4.78, 5) is 33.1. The number of nitrogens with zero attached hydrogens (tertiary/aromatic N) is 2. The minimum atomic E-state index is -0.0490. The van der Waals surface area contributed by atoms with Crippen molar-refractivity contribution in [1.29, 1.82) is 0 Å². The lowest BCUT2D eigenvalue weighted by Gasteiger charge is -2.12. The number of rotatable bonds is 5. The molecule has 0 aliphatic heterocycles. The molecule has 4 aromatic rings. The van der Waals surface area contributed by atoms with Crippen molar-refractivity contribution in [3.63, 3.8) is 0 Å². The third kappa shape index (κ3) is 3.49. The van der Waals surface area contributed by atoms with Gasteiger partial charge in [-0.3, -0.25) is 14.2 Å². The summed E-state index contributed by atoms with van der Waals surface area (Å²) >= 11 is 8.83. The summed E-state index contributed by atoms with van der Waals surface area (Å²) in [7, 11) is 0. The molecule has 0 saturated heterocycles. The van der Waals surface area contributed by atoms with Crippen molar-refractivity contribution in [3.05, 3.63) is 86.0 Å². The molecule has 5 rings (SSSR count). The third-order valence-electron chi connectivity index (χ3n) is 5.22. The molecule has 2 aromatic heterocycles. The SMILES string of the molecule is O=C(CSc1nc2sc3c(c2c(=O)n1-c1ccccc1)CCC3)c1ccc(Cl)cc1. The van der Waals surface area contributed by atoms with E-state index in [1.165, 1.54) is 16.6 Å². The molecule has 150 valence electrons. The first-order chi connectivity index (χ1) is 14.6. The topological polar surface area (TPSA) is 52.0 Å². The van der Waals surface area contributed by atoms with Crippen molar-refractivity contribution in [2.24, 2.45) is 0 Å². The van der Waals surface area contributed by atoms with Crippen LogP contribution in [0.4, 0.5) is 0 Å². The van der Waals surface area contributed by atoms with E-state index in [9.17, 15) is 9.59 Å². The van der Waals surface area contributed by atoms with Crippen LogP contribution in [0.1, 0.15) is 27.2 Å². The maximum absolute atomic E-state index is 13.5. The molecule has 1 aliphatic carbocycles. The van der Waals surface area contributed by atoms with E-state index in [-0.39, 0.29) is 17.1 Å². The van der Waals surface area contributed by atoms with Crippen LogP contribution in [0.2, 0.25) is 5.02 Å². The van der Waals surface area contributed by atoms with Crippen molar-refractivity contribution < 1.29 is 4.79 Å². The van der Waals surface area contributed by atoms with Gasteiger partial charge >= 0.3 is 0 Å². The fourth-order valence-corrected chi connectivity index (χ4v) is 6.11. The number of carbonyl (C=O) groups is 1. The number of ketones is 1. The summed E-state index contributed by atoms with van der Waals surface area (Å²) in [6.45, 7) is 0. The van der Waals surface area contributed by atoms with Crippen molar-refractivity contribution >= 4 is 50.7 Å². The standard InChI is InChI=1S/C23H17ClN2O2S2/c24-15-11-9-14(10-12-15)18(27)13-29-23-25-21-20(17-7-4-8-19(17)30-21)22(28)26(23)16-5-2-1-3-6-16/h1-3,5-6,9-12H,4,7-8,13H2. The van der Waals surface area contributed by atoms with Gasteiger partial charge in [0.05, 0.1) is 16.8 Å². The monoisotopic (exact) mass is 452 g/mol. The van der Waals surface area contributed by atoms with Gasteiger partial charge in [0.25, 0.3) is 5.56 Å². The quantitative estimate of drug-likeness (QED) is 0.226. The van der Waals surface area contributed by atoms with E-state index in [0.717, 1.165) is 40.7 Å². The fraction of sp³-hybridized carbons (Fsp3) is 0.174. The molecule has 30 heavy (non-hydrogen) atoms. The number of aromatic nitrogens is 2. The normalized spacial score (nSPS) is 13.0. The number of aryl methyl sites for hydroxylation is 2. The molecule has 0 saturated carbocycles. The Balaban J connectivity index is 1.57. The molecule has 0 atom stereocenters. The Morgan fingerprint density at radius 3 is 2.63 bits per heavy atom. The molecule has 2 heterocycles. The second kappa shape index (κ2) is 8.02. The molecule has 0 fully saturated rings. The minimum absolute atomic E-state index is 0.0284. The number of thiophene rings is 1. The highest BCUT2D eigenvalue weighted by Gasteiger charge is 2.24. The van der Waals surface area contributed by atoms with Gasteiger partial charge in [0.2, 0.25) is 0 Å². The number of hydrogen-bond donors (Lipinski definition) is 0. The first-order valence-electron chi connectivity index (χ1n) is 9.66. The van der Waals surface area contributed by atoms with Crippen LogP contribution in [0, 0.1) is 0 Å². The van der Waals surface area contributed by atoms with Gasteiger partial charge in [-0.15, -0.1) is 11.3 Å². The van der Waals surface area contributed by atoms with Crippen molar-refractivity contribution in [2.45, 2.75) is 24.4 Å². The second-order valence-corrected chi connectivity index (χ2v) is 9.59. The van der Waals surface area contributed by atoms with Crippen molar-refractivity contribution in [2.75, 3.05) is 5.75 Å². The Labute approximate surface area is 186 Å². The zero-order valence-corrected chi connectivity index (χ0v) is 18.3. The predicted molar refractivity (Wildman–Crippen MR) is 124 cm³/mol. The summed E-state index contributed by atoms with van der Waals surface area (Å²) in [5, 5.41) is 1.88. The lowest BCUT2D eigenvalue weighted by molar-refractivity contribution is 0.102. The first-order valence-corrected chi connectivity index (χ1v) is 11.8. The summed E-state index contributed by atoms with van der Waals surface area (Å²) < 4.78 is 1.65. The molecule has 4 nitrogen and oxygen atoms in total. The van der Waals surface area contributed by atoms with Gasteiger partial charge in [0.1, 0.15) is 4.83 Å². The van der Waals surface area contributed by atoms with E-state index in [0.29, 0.717) is 15.7 Å². The Bertz CT molecular complexity index is 1310. The number of carbonyl (C=O) groups excluding carboxylic acids is 1. The van der Waals surface area contributed by atoms with Crippen LogP contribution < -0.4 is 5.56 Å². The van der Waals surface area contributed by atoms with Crippen LogP contribution in [-0.2, 0) is 12.8 Å². The van der Waals surface area contributed by atoms with Crippen molar-refractivity contribution in [1.82, 2.24) is 9.55 Å². The number of benzene rings is 2. The molecule has 0 spiro atoms. The smallest absolute Gasteiger partial charge is 0.267 e. The molecule has 0 bridgehead atoms. The zero-order chi connectivity index (χ0) is 20.7. The average Bonchev–Trinajstić information content (AvgIpc) is 3.34. The number of halogens is 1. The molecule has 0 amide bonds. The fourth-order valence-electron chi connectivity index (χ4n) is 3.78. The van der Waals surface area contributed by atoms with Gasteiger partial charge in [-0.1, -0.05) is 41.6 Å². The van der Waals surface area contributed by atoms with Crippen LogP contribution in [0.15, 0.2) is 64.5 Å². The molecular weight excluding hydrogens is 436 g/mol. The summed E-state index contributed by atoms with van der Waals surface area (Å²) in [5.74, 6) is 0.164. The van der Waals surface area contributed by atoms with Crippen LogP contribution in [0.5, 0.6) is 0 Å². The molecule has 0 N–H and O–H groups in total. The Morgan fingerprint density at radius 1 is 1.10 bits per heavy atom. The highest BCUT2D eigenvalue weighted by atomic mass is 35.5. The minimum Gasteiger partial charge on any atom is -0.293 e. The van der Waals surface area contributed by atoms with E-state index in [1.54, 1.807) is 40.2 Å². The van der Waals surface area contributed by atoms with Crippen LogP contribution >= 0.6 is 34.7 Å². The lowest BCUT2D eigenvalue weighted by atomic mass is 10.1. The Kier molecular flexibility index (Phi) is 5.23. The van der Waals surface area contributed by atoms with Gasteiger partial charge in [-0.2, -0.15) is 0 Å². The summed E-state index contributed by atoms with van der Waals surface area (Å²) in [6.07, 6.45) is 3.04. The van der Waals surface area contributed by atoms with E-state index in [4.69, 9.17) is 16.6 Å². The average molecular weight is 453 g/mol. The van der Waals surface area contributed by atoms with Gasteiger partial charge in [-0.25, -0.2) is 4.98 Å². The Hall–Kier alpha value is -2.41. The number of thioether (sulfide) groups is 1. The van der Waals surface area contributed by atoms with Gasteiger partial charge < -0.3 is 0 Å². The van der Waals surface area contributed by atoms with Crippen molar-refractivity contribution in [3.8, 4) is 5.69 Å². The molecule has 7 heteroatoms. The van der Waals surface area contributed by atoms with E-state index < -0.39 is 0 Å². The van der Waals surface area contributed by atoms with Crippen LogP contribution in [0.25, 0.3) is 15.9 Å². The van der Waals surface area contributed by atoms with Gasteiger partial charge in [-0.05, 0) is 61.2 Å². The Morgan fingerprint density at radius 2 is 1.87 bits per heavy atom. The zero-order valence-electron chi connectivity index (χ0n) is 15.9. The van der Waals surface area contributed by atoms with E-state index in [2.05, 4.69) is 0 Å². The van der Waals surface area contributed by atoms with Crippen LogP contribution in [-0.4, -0.2) is 21.1 Å². The van der Waals surface area contributed by atoms with Gasteiger partial charge in [0.15, 0.2) is 10.9 Å².